The van der Waals surface area contributed by atoms with E-state index in [0.29, 0.717) is 5.92 Å². The molecular formula is C30H35N5O. The SMILES string of the molecule is CC(=O)Nc1cccc(C2CCN(CCCn3c(CCc4cccnc4)nc4ccccc43)CC2)c1. The number of aryl methyl sites for hydroxylation is 3. The van der Waals surface area contributed by atoms with E-state index in [4.69, 9.17) is 4.98 Å². The molecule has 2 aromatic carbocycles. The summed E-state index contributed by atoms with van der Waals surface area (Å²) in [4.78, 5) is 23.2. The number of nitrogens with zero attached hydrogens (tertiary/aromatic N) is 4. The minimum atomic E-state index is -0.0205. The number of piperidine rings is 1. The van der Waals surface area contributed by atoms with Gasteiger partial charge in [0.1, 0.15) is 5.82 Å². The number of anilines is 1. The van der Waals surface area contributed by atoms with Crippen molar-refractivity contribution in [2.24, 2.45) is 0 Å². The minimum absolute atomic E-state index is 0.0205. The number of pyridine rings is 1. The number of para-hydroxylation sites is 2. The number of hydrogen-bond donors (Lipinski definition) is 1. The fourth-order valence-corrected chi connectivity index (χ4v) is 5.38. The molecule has 1 amide bonds. The van der Waals surface area contributed by atoms with E-state index in [-0.39, 0.29) is 5.91 Å². The molecule has 0 saturated carbocycles. The first kappa shape index (κ1) is 24.2. The highest BCUT2D eigenvalue weighted by molar-refractivity contribution is 5.88. The van der Waals surface area contributed by atoms with Crippen molar-refractivity contribution in [3.05, 3.63) is 90.0 Å². The summed E-state index contributed by atoms with van der Waals surface area (Å²) in [5, 5.41) is 2.91. The lowest BCUT2D eigenvalue weighted by Gasteiger charge is -2.32. The van der Waals surface area contributed by atoms with Crippen LogP contribution in [0.2, 0.25) is 0 Å². The maximum absolute atomic E-state index is 11.4. The molecule has 0 unspecified atom stereocenters. The quantitative estimate of drug-likeness (QED) is 0.346. The first-order valence-corrected chi connectivity index (χ1v) is 13.1. The van der Waals surface area contributed by atoms with Crippen LogP contribution in [0, 0.1) is 0 Å². The van der Waals surface area contributed by atoms with Crippen LogP contribution in [0.3, 0.4) is 0 Å². The number of amides is 1. The molecule has 3 heterocycles. The number of imidazole rings is 1. The monoisotopic (exact) mass is 481 g/mol. The summed E-state index contributed by atoms with van der Waals surface area (Å²) >= 11 is 0. The van der Waals surface area contributed by atoms with Crippen molar-refractivity contribution in [3.8, 4) is 0 Å². The summed E-state index contributed by atoms with van der Waals surface area (Å²) in [7, 11) is 0. The topological polar surface area (TPSA) is 63.1 Å². The lowest BCUT2D eigenvalue weighted by Crippen LogP contribution is -2.34. The van der Waals surface area contributed by atoms with Crippen LogP contribution in [0.1, 0.15) is 49.1 Å². The van der Waals surface area contributed by atoms with Gasteiger partial charge in [-0.2, -0.15) is 0 Å². The summed E-state index contributed by atoms with van der Waals surface area (Å²) < 4.78 is 2.42. The molecule has 0 aliphatic carbocycles. The molecule has 1 aliphatic heterocycles. The van der Waals surface area contributed by atoms with Crippen molar-refractivity contribution < 1.29 is 4.79 Å². The standard InChI is InChI=1S/C30H35N5O/c1-23(36)32-27-9-4-8-26(21-27)25-14-19-34(20-15-25)17-6-18-35-29-11-3-2-10-28(29)33-30(35)13-12-24-7-5-16-31-22-24/h2-5,7-11,16,21-22,25H,6,12-15,17-20H2,1H3,(H,32,36). The van der Waals surface area contributed by atoms with Gasteiger partial charge in [-0.25, -0.2) is 4.98 Å². The third-order valence-corrected chi connectivity index (χ3v) is 7.22. The molecule has 36 heavy (non-hydrogen) atoms. The molecule has 1 N–H and O–H groups in total. The largest absolute Gasteiger partial charge is 0.328 e. The fraction of sp³-hybridized carbons (Fsp3) is 0.367. The van der Waals surface area contributed by atoms with Gasteiger partial charge < -0.3 is 14.8 Å². The highest BCUT2D eigenvalue weighted by atomic mass is 16.1. The van der Waals surface area contributed by atoms with Crippen LogP contribution < -0.4 is 5.32 Å². The van der Waals surface area contributed by atoms with Gasteiger partial charge in [-0.1, -0.05) is 30.3 Å². The third kappa shape index (κ3) is 6.00. The molecular weight excluding hydrogens is 446 g/mol. The number of fused-ring (bicyclic) bond motifs is 1. The zero-order chi connectivity index (χ0) is 24.7. The fourth-order valence-electron chi connectivity index (χ4n) is 5.38. The Morgan fingerprint density at radius 1 is 1.00 bits per heavy atom. The van der Waals surface area contributed by atoms with Crippen molar-refractivity contribution >= 4 is 22.6 Å². The Bertz CT molecular complexity index is 1290. The molecule has 6 nitrogen and oxygen atoms in total. The molecule has 2 aromatic heterocycles. The Hall–Kier alpha value is -3.51. The van der Waals surface area contributed by atoms with Crippen molar-refractivity contribution in [3.63, 3.8) is 0 Å². The van der Waals surface area contributed by atoms with E-state index in [0.717, 1.165) is 75.3 Å². The van der Waals surface area contributed by atoms with Gasteiger partial charge in [-0.3, -0.25) is 9.78 Å². The Balaban J connectivity index is 1.16. The van der Waals surface area contributed by atoms with E-state index < -0.39 is 0 Å². The average molecular weight is 482 g/mol. The van der Waals surface area contributed by atoms with Gasteiger partial charge in [0.15, 0.2) is 0 Å². The Labute approximate surface area is 213 Å². The van der Waals surface area contributed by atoms with Crippen LogP contribution in [0.15, 0.2) is 73.1 Å². The van der Waals surface area contributed by atoms with E-state index >= 15 is 0 Å². The average Bonchev–Trinajstić information content (AvgIpc) is 3.26. The minimum Gasteiger partial charge on any atom is -0.328 e. The van der Waals surface area contributed by atoms with Gasteiger partial charge in [0.05, 0.1) is 11.0 Å². The van der Waals surface area contributed by atoms with E-state index in [2.05, 4.69) is 62.2 Å². The zero-order valence-corrected chi connectivity index (χ0v) is 21.1. The van der Waals surface area contributed by atoms with Crippen LogP contribution in [0.25, 0.3) is 11.0 Å². The molecule has 6 heteroatoms. The molecule has 1 fully saturated rings. The van der Waals surface area contributed by atoms with Crippen molar-refractivity contribution in [1.82, 2.24) is 19.4 Å². The highest BCUT2D eigenvalue weighted by Crippen LogP contribution is 2.29. The molecule has 186 valence electrons. The number of rotatable bonds is 9. The van der Waals surface area contributed by atoms with E-state index in [1.807, 2.05) is 30.6 Å². The number of nitrogens with one attached hydrogen (secondary N) is 1. The van der Waals surface area contributed by atoms with Crippen molar-refractivity contribution in [1.29, 1.82) is 0 Å². The predicted octanol–water partition coefficient (Wildman–Crippen LogP) is 5.44. The molecule has 1 saturated heterocycles. The Morgan fingerprint density at radius 3 is 2.67 bits per heavy atom. The number of hydrogen-bond acceptors (Lipinski definition) is 4. The summed E-state index contributed by atoms with van der Waals surface area (Å²) in [6, 6.07) is 21.0. The summed E-state index contributed by atoms with van der Waals surface area (Å²) in [6.07, 6.45) is 9.08. The highest BCUT2D eigenvalue weighted by Gasteiger charge is 2.21. The second-order valence-electron chi connectivity index (χ2n) is 9.81. The number of likely N-dealkylation sites (tertiary alicyclic amines) is 1. The number of aromatic nitrogens is 3. The normalized spacial score (nSPS) is 14.8. The summed E-state index contributed by atoms with van der Waals surface area (Å²) in [5.74, 6) is 1.71. The van der Waals surface area contributed by atoms with Gasteiger partial charge in [0.25, 0.3) is 0 Å². The maximum atomic E-state index is 11.4. The molecule has 0 radical (unpaired) electrons. The number of carbonyl (C=O) groups excluding carboxylic acids is 1. The first-order valence-electron chi connectivity index (χ1n) is 13.1. The van der Waals surface area contributed by atoms with Gasteiger partial charge >= 0.3 is 0 Å². The first-order chi connectivity index (χ1) is 17.7. The lowest BCUT2D eigenvalue weighted by atomic mass is 9.89. The third-order valence-electron chi connectivity index (χ3n) is 7.22. The zero-order valence-electron chi connectivity index (χ0n) is 21.1. The van der Waals surface area contributed by atoms with E-state index in [9.17, 15) is 4.79 Å². The Morgan fingerprint density at radius 2 is 1.86 bits per heavy atom. The van der Waals surface area contributed by atoms with Crippen LogP contribution in [0.5, 0.6) is 0 Å². The molecule has 1 aliphatic rings. The summed E-state index contributed by atoms with van der Waals surface area (Å²) in [6.45, 7) is 5.89. The molecule has 0 atom stereocenters. The van der Waals surface area contributed by atoms with Gasteiger partial charge in [-0.05, 0) is 92.7 Å². The Kier molecular flexibility index (Phi) is 7.72. The van der Waals surface area contributed by atoms with Gasteiger partial charge in [0.2, 0.25) is 5.91 Å². The molecule has 0 spiro atoms. The predicted molar refractivity (Wildman–Crippen MR) is 145 cm³/mol. The van der Waals surface area contributed by atoms with E-state index in [1.54, 1.807) is 6.92 Å². The molecule has 0 bridgehead atoms. The van der Waals surface area contributed by atoms with E-state index in [1.165, 1.54) is 16.6 Å². The van der Waals surface area contributed by atoms with Gasteiger partial charge in [-0.15, -0.1) is 0 Å². The van der Waals surface area contributed by atoms with Crippen LogP contribution in [0.4, 0.5) is 5.69 Å². The maximum Gasteiger partial charge on any atom is 0.221 e. The number of carbonyl (C=O) groups is 1. The second kappa shape index (κ2) is 11.5. The number of benzene rings is 2. The second-order valence-corrected chi connectivity index (χ2v) is 9.81. The van der Waals surface area contributed by atoms with Gasteiger partial charge in [0, 0.05) is 38.0 Å². The smallest absolute Gasteiger partial charge is 0.221 e. The van der Waals surface area contributed by atoms with Crippen LogP contribution >= 0.6 is 0 Å². The van der Waals surface area contributed by atoms with Crippen LogP contribution in [-0.4, -0.2) is 45.0 Å². The summed E-state index contributed by atoms with van der Waals surface area (Å²) in [5.41, 5.74) is 5.80. The van der Waals surface area contributed by atoms with Crippen molar-refractivity contribution in [2.45, 2.75) is 51.5 Å². The molecule has 4 aromatic rings. The lowest BCUT2D eigenvalue weighted by molar-refractivity contribution is -0.114. The van der Waals surface area contributed by atoms with Crippen molar-refractivity contribution in [2.75, 3.05) is 25.0 Å². The molecule has 5 rings (SSSR count). The van der Waals surface area contributed by atoms with Crippen LogP contribution in [-0.2, 0) is 24.2 Å².